The number of nitrogens with one attached hydrogen (secondary N) is 2. The fourth-order valence-corrected chi connectivity index (χ4v) is 3.93. The van der Waals surface area contributed by atoms with E-state index in [0.717, 1.165) is 25.8 Å². The topological polar surface area (TPSA) is 58.2 Å². The fourth-order valence-electron chi connectivity index (χ4n) is 2.08. The molecule has 19 heavy (non-hydrogen) atoms. The van der Waals surface area contributed by atoms with Crippen molar-refractivity contribution in [3.05, 3.63) is 28.2 Å². The van der Waals surface area contributed by atoms with E-state index in [0.29, 0.717) is 11.6 Å². The molecule has 1 aromatic rings. The second-order valence-corrected chi connectivity index (χ2v) is 7.15. The van der Waals surface area contributed by atoms with E-state index in [4.69, 9.17) is 23.2 Å². The molecule has 1 heterocycles. The number of benzene rings is 1. The molecule has 1 atom stereocenters. The summed E-state index contributed by atoms with van der Waals surface area (Å²) in [5.41, 5.74) is 0. The van der Waals surface area contributed by atoms with Gasteiger partial charge in [0.05, 0.1) is 5.02 Å². The van der Waals surface area contributed by atoms with Crippen molar-refractivity contribution in [1.82, 2.24) is 10.0 Å². The molecule has 0 unspecified atom stereocenters. The molecule has 1 aliphatic heterocycles. The van der Waals surface area contributed by atoms with Gasteiger partial charge in [0, 0.05) is 17.6 Å². The predicted molar refractivity (Wildman–Crippen MR) is 77.3 cm³/mol. The number of hydrogen-bond donors (Lipinski definition) is 2. The van der Waals surface area contributed by atoms with E-state index in [1.807, 2.05) is 0 Å². The Labute approximate surface area is 123 Å². The smallest absolute Gasteiger partial charge is 0.242 e. The molecule has 106 valence electrons. The summed E-state index contributed by atoms with van der Waals surface area (Å²) in [5, 5.41) is 3.84. The number of piperidine rings is 1. The van der Waals surface area contributed by atoms with Crippen molar-refractivity contribution >= 4 is 33.2 Å². The zero-order chi connectivity index (χ0) is 13.9. The summed E-state index contributed by atoms with van der Waals surface area (Å²) in [6, 6.07) is 4.55. The monoisotopic (exact) mass is 322 g/mol. The van der Waals surface area contributed by atoms with Crippen LogP contribution in [0.25, 0.3) is 0 Å². The second kappa shape index (κ2) is 6.41. The highest BCUT2D eigenvalue weighted by atomic mass is 35.5. The van der Waals surface area contributed by atoms with Gasteiger partial charge in [0.1, 0.15) is 4.90 Å². The van der Waals surface area contributed by atoms with E-state index < -0.39 is 10.0 Å². The summed E-state index contributed by atoms with van der Waals surface area (Å²) in [7, 11) is -3.59. The van der Waals surface area contributed by atoms with Crippen molar-refractivity contribution in [3.8, 4) is 0 Å². The minimum absolute atomic E-state index is 0.0642. The number of rotatable bonds is 4. The standard InChI is InChI=1S/C12H16Cl2N2O2S/c13-9-4-5-12(11(14)7-9)19(17,18)16-8-10-3-1-2-6-15-10/h4-5,7,10,15-16H,1-3,6,8H2/t10-/m1/s1. The van der Waals surface area contributed by atoms with Crippen molar-refractivity contribution in [2.24, 2.45) is 0 Å². The average Bonchev–Trinajstić information content (AvgIpc) is 2.37. The lowest BCUT2D eigenvalue weighted by Gasteiger charge is -2.23. The molecule has 2 rings (SSSR count). The van der Waals surface area contributed by atoms with Gasteiger partial charge in [-0.1, -0.05) is 29.6 Å². The van der Waals surface area contributed by atoms with Crippen LogP contribution in [0, 0.1) is 0 Å². The molecule has 0 radical (unpaired) electrons. The van der Waals surface area contributed by atoms with Crippen LogP contribution in [0.4, 0.5) is 0 Å². The van der Waals surface area contributed by atoms with Crippen LogP contribution in [0.5, 0.6) is 0 Å². The minimum atomic E-state index is -3.59. The summed E-state index contributed by atoms with van der Waals surface area (Å²) in [6.07, 6.45) is 3.25. The third-order valence-electron chi connectivity index (χ3n) is 3.12. The lowest BCUT2D eigenvalue weighted by Crippen LogP contribution is -2.43. The minimum Gasteiger partial charge on any atom is -0.313 e. The Morgan fingerprint density at radius 1 is 1.32 bits per heavy atom. The highest BCUT2D eigenvalue weighted by molar-refractivity contribution is 7.89. The summed E-state index contributed by atoms with van der Waals surface area (Å²) >= 11 is 11.7. The molecule has 1 aliphatic rings. The largest absolute Gasteiger partial charge is 0.313 e. The van der Waals surface area contributed by atoms with Crippen molar-refractivity contribution in [1.29, 1.82) is 0 Å². The first-order valence-corrected chi connectivity index (χ1v) is 8.41. The molecule has 0 spiro atoms. The molecule has 0 bridgehead atoms. The Balaban J connectivity index is 2.05. The van der Waals surface area contributed by atoms with E-state index >= 15 is 0 Å². The van der Waals surface area contributed by atoms with Crippen LogP contribution in [0.15, 0.2) is 23.1 Å². The van der Waals surface area contributed by atoms with E-state index in [-0.39, 0.29) is 16.0 Å². The molecule has 1 aromatic carbocycles. The molecule has 0 saturated carbocycles. The van der Waals surface area contributed by atoms with Crippen LogP contribution in [0.1, 0.15) is 19.3 Å². The normalized spacial score (nSPS) is 20.4. The predicted octanol–water partition coefficient (Wildman–Crippen LogP) is 2.41. The van der Waals surface area contributed by atoms with Gasteiger partial charge in [-0.05, 0) is 37.6 Å². The molecule has 7 heteroatoms. The van der Waals surface area contributed by atoms with Crippen LogP contribution >= 0.6 is 23.2 Å². The SMILES string of the molecule is O=S(=O)(NC[C@H]1CCCCN1)c1ccc(Cl)cc1Cl. The van der Waals surface area contributed by atoms with Crippen LogP contribution < -0.4 is 10.0 Å². The molecule has 0 aliphatic carbocycles. The van der Waals surface area contributed by atoms with E-state index in [9.17, 15) is 8.42 Å². The van der Waals surface area contributed by atoms with E-state index in [2.05, 4.69) is 10.0 Å². The fraction of sp³-hybridized carbons (Fsp3) is 0.500. The Morgan fingerprint density at radius 2 is 2.11 bits per heavy atom. The van der Waals surface area contributed by atoms with Crippen molar-refractivity contribution < 1.29 is 8.42 Å². The van der Waals surface area contributed by atoms with Crippen molar-refractivity contribution in [2.75, 3.05) is 13.1 Å². The van der Waals surface area contributed by atoms with Crippen LogP contribution in [-0.4, -0.2) is 27.5 Å². The molecular weight excluding hydrogens is 307 g/mol. The summed E-state index contributed by atoms with van der Waals surface area (Å²) in [4.78, 5) is 0.0642. The lowest BCUT2D eigenvalue weighted by molar-refractivity contribution is 0.398. The van der Waals surface area contributed by atoms with Gasteiger partial charge >= 0.3 is 0 Å². The molecule has 0 amide bonds. The first kappa shape index (κ1) is 15.1. The lowest BCUT2D eigenvalue weighted by atomic mass is 10.1. The van der Waals surface area contributed by atoms with Crippen LogP contribution in [0.2, 0.25) is 10.0 Å². The summed E-state index contributed by atoms with van der Waals surface area (Å²) < 4.78 is 26.9. The van der Waals surface area contributed by atoms with Gasteiger partial charge in [0.15, 0.2) is 0 Å². The third kappa shape index (κ3) is 4.07. The zero-order valence-electron chi connectivity index (χ0n) is 10.3. The summed E-state index contributed by atoms with van der Waals surface area (Å²) in [6.45, 7) is 1.31. The summed E-state index contributed by atoms with van der Waals surface area (Å²) in [5.74, 6) is 0. The highest BCUT2D eigenvalue weighted by Gasteiger charge is 2.20. The molecule has 1 saturated heterocycles. The quantitative estimate of drug-likeness (QED) is 0.895. The Morgan fingerprint density at radius 3 is 2.74 bits per heavy atom. The van der Waals surface area contributed by atoms with Crippen molar-refractivity contribution in [3.63, 3.8) is 0 Å². The highest BCUT2D eigenvalue weighted by Crippen LogP contribution is 2.24. The Hall–Kier alpha value is -0.330. The van der Waals surface area contributed by atoms with E-state index in [1.54, 1.807) is 0 Å². The third-order valence-corrected chi connectivity index (χ3v) is 5.26. The maximum atomic E-state index is 12.1. The molecular formula is C12H16Cl2N2O2S. The maximum absolute atomic E-state index is 12.1. The second-order valence-electron chi connectivity index (χ2n) is 4.57. The molecule has 2 N–H and O–H groups in total. The van der Waals surface area contributed by atoms with Crippen LogP contribution in [0.3, 0.4) is 0 Å². The van der Waals surface area contributed by atoms with Gasteiger partial charge in [-0.2, -0.15) is 0 Å². The first-order chi connectivity index (χ1) is 8.99. The maximum Gasteiger partial charge on any atom is 0.242 e. The number of hydrogen-bond acceptors (Lipinski definition) is 3. The van der Waals surface area contributed by atoms with Gasteiger partial charge < -0.3 is 5.32 Å². The Kier molecular flexibility index (Phi) is 5.09. The number of halogens is 2. The molecule has 1 fully saturated rings. The van der Waals surface area contributed by atoms with Gasteiger partial charge in [-0.15, -0.1) is 0 Å². The first-order valence-electron chi connectivity index (χ1n) is 6.17. The van der Waals surface area contributed by atoms with Crippen LogP contribution in [-0.2, 0) is 10.0 Å². The van der Waals surface area contributed by atoms with E-state index in [1.165, 1.54) is 18.2 Å². The van der Waals surface area contributed by atoms with Gasteiger partial charge in [-0.3, -0.25) is 0 Å². The van der Waals surface area contributed by atoms with Gasteiger partial charge in [-0.25, -0.2) is 13.1 Å². The van der Waals surface area contributed by atoms with Gasteiger partial charge in [0.2, 0.25) is 10.0 Å². The molecule has 0 aromatic heterocycles. The average molecular weight is 323 g/mol. The molecule has 4 nitrogen and oxygen atoms in total. The van der Waals surface area contributed by atoms with Crippen molar-refractivity contribution in [2.45, 2.75) is 30.2 Å². The Bertz CT molecular complexity index is 543. The zero-order valence-corrected chi connectivity index (χ0v) is 12.7. The number of sulfonamides is 1. The van der Waals surface area contributed by atoms with Gasteiger partial charge in [0.25, 0.3) is 0 Å².